The molecule has 0 aliphatic heterocycles. The molecule has 0 saturated heterocycles. The summed E-state index contributed by atoms with van der Waals surface area (Å²) in [6.45, 7) is 1.74. The van der Waals surface area contributed by atoms with Gasteiger partial charge in [0.05, 0.1) is 10.8 Å². The number of thiophene rings is 1. The fourth-order valence-corrected chi connectivity index (χ4v) is 5.92. The highest BCUT2D eigenvalue weighted by Gasteiger charge is 2.23. The van der Waals surface area contributed by atoms with Crippen molar-refractivity contribution in [1.29, 1.82) is 5.26 Å². The Morgan fingerprint density at radius 2 is 1.91 bits per heavy atom. The predicted octanol–water partition coefficient (Wildman–Crippen LogP) is 5.64. The molecule has 0 radical (unpaired) electrons. The zero-order valence-electron chi connectivity index (χ0n) is 18.8. The van der Waals surface area contributed by atoms with Crippen molar-refractivity contribution < 1.29 is 14.3 Å². The molecule has 0 fully saturated rings. The Kier molecular flexibility index (Phi) is 7.88. The number of nitriles is 1. The number of rotatable bonds is 8. The first kappa shape index (κ1) is 23.9. The predicted molar refractivity (Wildman–Crippen MR) is 137 cm³/mol. The van der Waals surface area contributed by atoms with Gasteiger partial charge in [-0.15, -0.1) is 23.1 Å². The van der Waals surface area contributed by atoms with Gasteiger partial charge in [0.25, 0.3) is 5.91 Å². The number of carbonyl (C=O) groups excluding carboxylic acids is 2. The highest BCUT2D eigenvalue weighted by Crippen LogP contribution is 2.38. The molecular formula is C26H25N3O3S2. The van der Waals surface area contributed by atoms with Gasteiger partial charge < -0.3 is 15.4 Å². The fraction of sp³-hybridized carbons (Fsp3) is 0.269. The number of fused-ring (bicyclic) bond motifs is 1. The SMILES string of the molecule is CC(Sc1cccc(NC(=O)COc2ccccc2)c1)C(=O)Nc1sc2c(c1C#N)CCCC2. The van der Waals surface area contributed by atoms with Crippen molar-refractivity contribution in [3.8, 4) is 11.8 Å². The van der Waals surface area contributed by atoms with Crippen LogP contribution < -0.4 is 15.4 Å². The molecule has 0 spiro atoms. The zero-order valence-corrected chi connectivity index (χ0v) is 20.4. The van der Waals surface area contributed by atoms with Gasteiger partial charge in [0.1, 0.15) is 16.8 Å². The molecule has 1 unspecified atom stereocenters. The first-order valence-electron chi connectivity index (χ1n) is 11.1. The van der Waals surface area contributed by atoms with Gasteiger partial charge in [-0.2, -0.15) is 5.26 Å². The maximum atomic E-state index is 12.9. The van der Waals surface area contributed by atoms with Crippen LogP contribution in [0.1, 0.15) is 35.8 Å². The monoisotopic (exact) mass is 491 g/mol. The van der Waals surface area contributed by atoms with Crippen LogP contribution in [0.15, 0.2) is 59.5 Å². The second-order valence-corrected chi connectivity index (χ2v) is 10.5. The van der Waals surface area contributed by atoms with Crippen LogP contribution in [0.5, 0.6) is 5.75 Å². The van der Waals surface area contributed by atoms with E-state index >= 15 is 0 Å². The minimum Gasteiger partial charge on any atom is -0.484 e. The summed E-state index contributed by atoms with van der Waals surface area (Å²) in [6, 6.07) is 18.8. The zero-order chi connectivity index (χ0) is 23.9. The van der Waals surface area contributed by atoms with E-state index in [1.165, 1.54) is 28.0 Å². The van der Waals surface area contributed by atoms with Crippen LogP contribution >= 0.6 is 23.1 Å². The molecular weight excluding hydrogens is 466 g/mol. The van der Waals surface area contributed by atoms with Crippen molar-refractivity contribution in [2.75, 3.05) is 17.2 Å². The summed E-state index contributed by atoms with van der Waals surface area (Å²) >= 11 is 2.93. The molecule has 174 valence electrons. The number of carbonyl (C=O) groups is 2. The number of nitrogens with one attached hydrogen (secondary N) is 2. The van der Waals surface area contributed by atoms with Gasteiger partial charge in [-0.1, -0.05) is 24.3 Å². The van der Waals surface area contributed by atoms with Crippen molar-refractivity contribution >= 4 is 45.6 Å². The van der Waals surface area contributed by atoms with Crippen LogP contribution in [-0.2, 0) is 22.4 Å². The van der Waals surface area contributed by atoms with Crippen LogP contribution in [0.3, 0.4) is 0 Å². The smallest absolute Gasteiger partial charge is 0.262 e. The molecule has 1 aliphatic carbocycles. The van der Waals surface area contributed by atoms with E-state index in [1.807, 2.05) is 43.3 Å². The maximum absolute atomic E-state index is 12.9. The number of benzene rings is 2. The third-order valence-corrected chi connectivity index (χ3v) is 7.73. The average molecular weight is 492 g/mol. The lowest BCUT2D eigenvalue weighted by Crippen LogP contribution is -2.22. The largest absolute Gasteiger partial charge is 0.484 e. The Labute approximate surface area is 207 Å². The summed E-state index contributed by atoms with van der Waals surface area (Å²) in [4.78, 5) is 27.2. The molecule has 2 amide bonds. The van der Waals surface area contributed by atoms with Crippen molar-refractivity contribution in [3.63, 3.8) is 0 Å². The second-order valence-electron chi connectivity index (χ2n) is 7.95. The molecule has 6 nitrogen and oxygen atoms in total. The van der Waals surface area contributed by atoms with Crippen LogP contribution in [-0.4, -0.2) is 23.7 Å². The molecule has 2 aromatic carbocycles. The van der Waals surface area contributed by atoms with E-state index in [1.54, 1.807) is 18.2 Å². The van der Waals surface area contributed by atoms with Gasteiger partial charge in [0.2, 0.25) is 5.91 Å². The summed E-state index contributed by atoms with van der Waals surface area (Å²) in [7, 11) is 0. The van der Waals surface area contributed by atoms with E-state index < -0.39 is 0 Å². The summed E-state index contributed by atoms with van der Waals surface area (Å²) < 4.78 is 5.48. The number of para-hydroxylation sites is 1. The van der Waals surface area contributed by atoms with Gasteiger partial charge in [0, 0.05) is 15.5 Å². The first-order valence-corrected chi connectivity index (χ1v) is 12.8. The van der Waals surface area contributed by atoms with Crippen molar-refractivity contribution in [2.45, 2.75) is 42.8 Å². The van der Waals surface area contributed by atoms with Gasteiger partial charge in [-0.3, -0.25) is 9.59 Å². The number of ether oxygens (including phenoxy) is 1. The third-order valence-electron chi connectivity index (χ3n) is 5.43. The van der Waals surface area contributed by atoms with Crippen molar-refractivity contribution in [1.82, 2.24) is 0 Å². The maximum Gasteiger partial charge on any atom is 0.262 e. The summed E-state index contributed by atoms with van der Waals surface area (Å²) in [6.07, 6.45) is 4.10. The molecule has 1 heterocycles. The minimum atomic E-state index is -0.377. The Hall–Kier alpha value is -3.28. The summed E-state index contributed by atoms with van der Waals surface area (Å²) in [5.41, 5.74) is 2.36. The second kappa shape index (κ2) is 11.2. The molecule has 2 N–H and O–H groups in total. The molecule has 0 bridgehead atoms. The molecule has 3 aromatic rings. The molecule has 8 heteroatoms. The molecule has 1 aliphatic rings. The Bertz CT molecular complexity index is 1220. The van der Waals surface area contributed by atoms with Crippen molar-refractivity contribution in [2.24, 2.45) is 0 Å². The normalized spacial score (nSPS) is 13.3. The molecule has 1 atom stereocenters. The number of amides is 2. The van der Waals surface area contributed by atoms with E-state index in [0.717, 1.165) is 36.1 Å². The molecule has 0 saturated carbocycles. The number of hydrogen-bond donors (Lipinski definition) is 2. The molecule has 4 rings (SSSR count). The lowest BCUT2D eigenvalue weighted by Gasteiger charge is -2.13. The number of thioether (sulfide) groups is 1. The third kappa shape index (κ3) is 5.99. The summed E-state index contributed by atoms with van der Waals surface area (Å²) in [5, 5.41) is 15.7. The van der Waals surface area contributed by atoms with Crippen LogP contribution in [0, 0.1) is 11.3 Å². The van der Waals surface area contributed by atoms with Gasteiger partial charge in [-0.25, -0.2) is 0 Å². The highest BCUT2D eigenvalue weighted by atomic mass is 32.2. The van der Waals surface area contributed by atoms with E-state index in [4.69, 9.17) is 4.74 Å². The van der Waals surface area contributed by atoms with Gasteiger partial charge in [0.15, 0.2) is 6.61 Å². The quantitative estimate of drug-likeness (QED) is 0.398. The number of aryl methyl sites for hydroxylation is 1. The fourth-order valence-electron chi connectivity index (χ4n) is 3.75. The van der Waals surface area contributed by atoms with E-state index in [9.17, 15) is 14.9 Å². The lowest BCUT2D eigenvalue weighted by molar-refractivity contribution is -0.118. The van der Waals surface area contributed by atoms with Crippen LogP contribution in [0.25, 0.3) is 0 Å². The number of anilines is 2. The Balaban J connectivity index is 1.33. The molecule has 1 aromatic heterocycles. The Morgan fingerprint density at radius 3 is 2.71 bits per heavy atom. The van der Waals surface area contributed by atoms with Crippen molar-refractivity contribution in [3.05, 3.63) is 70.6 Å². The van der Waals surface area contributed by atoms with Crippen LogP contribution in [0.2, 0.25) is 0 Å². The topological polar surface area (TPSA) is 91.2 Å². The van der Waals surface area contributed by atoms with Gasteiger partial charge >= 0.3 is 0 Å². The number of nitrogens with zero attached hydrogens (tertiary/aromatic N) is 1. The Morgan fingerprint density at radius 1 is 1.12 bits per heavy atom. The molecule has 34 heavy (non-hydrogen) atoms. The first-order chi connectivity index (χ1) is 16.5. The lowest BCUT2D eigenvalue weighted by atomic mass is 9.96. The minimum absolute atomic E-state index is 0.0911. The van der Waals surface area contributed by atoms with E-state index in [0.29, 0.717) is 22.0 Å². The highest BCUT2D eigenvalue weighted by molar-refractivity contribution is 8.00. The number of hydrogen-bond acceptors (Lipinski definition) is 6. The van der Waals surface area contributed by atoms with Crippen LogP contribution in [0.4, 0.5) is 10.7 Å². The van der Waals surface area contributed by atoms with E-state index in [2.05, 4.69) is 16.7 Å². The van der Waals surface area contributed by atoms with E-state index in [-0.39, 0.29) is 23.7 Å². The standard InChI is InChI=1S/C26H25N3O3S2/c1-17(25(31)29-26-22(15-27)21-12-5-6-13-23(21)34-26)33-20-11-7-8-18(14-20)28-24(30)16-32-19-9-3-2-4-10-19/h2-4,7-11,14,17H,5-6,12-13,16H2,1H3,(H,28,30)(H,29,31). The average Bonchev–Trinajstić information content (AvgIpc) is 3.20. The van der Waals surface area contributed by atoms with Gasteiger partial charge in [-0.05, 0) is 68.5 Å². The summed E-state index contributed by atoms with van der Waals surface area (Å²) in [5.74, 6) is 0.223.